The van der Waals surface area contributed by atoms with Gasteiger partial charge >= 0.3 is 266 Å². The molecule has 0 saturated heterocycles. The third-order valence-corrected chi connectivity index (χ3v) is 62.7. The first kappa shape index (κ1) is 29.1. The summed E-state index contributed by atoms with van der Waals surface area (Å²) in [6.07, 6.45) is 4.74. The van der Waals surface area contributed by atoms with Gasteiger partial charge in [0.05, 0.1) is 0 Å². The fourth-order valence-electron chi connectivity index (χ4n) is 7.23. The van der Waals surface area contributed by atoms with Crippen molar-refractivity contribution in [1.82, 2.24) is 0 Å². The summed E-state index contributed by atoms with van der Waals surface area (Å²) in [6, 6.07) is 30.3. The molecule has 4 aromatic carbocycles. The fraction of sp³-hybridized carbons (Fsp3) is 0.176. The molecule has 0 amide bonds. The summed E-state index contributed by atoms with van der Waals surface area (Å²) >= 11 is 2.89. The van der Waals surface area contributed by atoms with Gasteiger partial charge in [-0.15, -0.1) is 0 Å². The van der Waals surface area contributed by atoms with E-state index in [0.29, 0.717) is 0 Å². The minimum absolute atomic E-state index is 0.0836. The Morgan fingerprint density at radius 3 is 1.32 bits per heavy atom. The molecule has 6 rings (SSSR count). The van der Waals surface area contributed by atoms with Crippen molar-refractivity contribution < 1.29 is 15.6 Å². The van der Waals surface area contributed by atoms with Crippen LogP contribution in [0.4, 0.5) is 0 Å². The van der Waals surface area contributed by atoms with E-state index >= 15 is 0 Å². The van der Waals surface area contributed by atoms with Crippen LogP contribution in [0.2, 0.25) is 13.1 Å². The Morgan fingerprint density at radius 1 is 0.575 bits per heavy atom. The first-order valence-electron chi connectivity index (χ1n) is 13.7. The van der Waals surface area contributed by atoms with E-state index in [1.807, 2.05) is 0 Å². The Labute approximate surface area is 263 Å². The molecule has 0 nitrogen and oxygen atoms in total. The second-order valence-electron chi connectivity index (χ2n) is 11.6. The molecule has 0 spiro atoms. The third-order valence-electron chi connectivity index (χ3n) is 9.09. The number of benzene rings is 4. The molecule has 0 aromatic heterocycles. The van der Waals surface area contributed by atoms with Gasteiger partial charge in [0.2, 0.25) is 0 Å². The Kier molecular flexibility index (Phi) is 7.72. The van der Waals surface area contributed by atoms with Crippen molar-refractivity contribution in [2.45, 2.75) is 34.2 Å². The van der Waals surface area contributed by atoms with Gasteiger partial charge in [0.15, 0.2) is 0 Å². The van der Waals surface area contributed by atoms with Crippen molar-refractivity contribution in [2.24, 2.45) is 0 Å². The Balaban J connectivity index is 1.56. The minimum atomic E-state index is -4.69. The first-order valence-corrected chi connectivity index (χ1v) is 31.6. The second kappa shape index (κ2) is 10.6. The molecule has 2 atom stereocenters. The van der Waals surface area contributed by atoms with E-state index in [-0.39, 0.29) is 7.25 Å². The number of allylic oxidation sites excluding steroid dienone is 2. The molecule has 2 unspecified atom stereocenters. The average molecular weight is 790 g/mol. The first-order chi connectivity index (χ1) is 19.0. The van der Waals surface area contributed by atoms with E-state index in [4.69, 9.17) is 17.0 Å². The van der Waals surface area contributed by atoms with Crippen LogP contribution in [0, 0.1) is 0 Å². The van der Waals surface area contributed by atoms with Crippen LogP contribution in [0.25, 0.3) is 34.4 Å². The van der Waals surface area contributed by atoms with E-state index in [2.05, 4.69) is 156 Å². The fourth-order valence-corrected chi connectivity index (χ4v) is 41.1. The summed E-state index contributed by atoms with van der Waals surface area (Å²) in [5.41, 5.74) is 12.7. The van der Waals surface area contributed by atoms with Crippen LogP contribution < -0.4 is 0 Å². The predicted molar refractivity (Wildman–Crippen MR) is 183 cm³/mol. The van der Waals surface area contributed by atoms with E-state index in [1.54, 1.807) is 0 Å². The van der Waals surface area contributed by atoms with Crippen molar-refractivity contribution in [1.29, 1.82) is 0 Å². The van der Waals surface area contributed by atoms with Crippen molar-refractivity contribution in [2.75, 3.05) is 0 Å². The van der Waals surface area contributed by atoms with Crippen molar-refractivity contribution in [3.63, 3.8) is 0 Å². The maximum absolute atomic E-state index is 8.38. The van der Waals surface area contributed by atoms with Gasteiger partial charge in [-0.2, -0.15) is 0 Å². The van der Waals surface area contributed by atoms with Crippen LogP contribution in [-0.2, 0) is 15.6 Å². The van der Waals surface area contributed by atoms with E-state index in [1.165, 1.54) is 55.7 Å². The zero-order chi connectivity index (χ0) is 28.4. The van der Waals surface area contributed by atoms with Crippen molar-refractivity contribution >= 4 is 67.0 Å². The van der Waals surface area contributed by atoms with Gasteiger partial charge in [0, 0.05) is 0 Å². The molecule has 6 heteroatoms. The Bertz CT molecular complexity index is 1620. The van der Waals surface area contributed by atoms with Crippen LogP contribution >= 0.6 is 48.9 Å². The van der Waals surface area contributed by atoms with E-state index in [9.17, 15) is 0 Å². The van der Waals surface area contributed by atoms with Crippen LogP contribution in [0.5, 0.6) is 0 Å². The predicted octanol–water partition coefficient (Wildman–Crippen LogP) is 12.1. The van der Waals surface area contributed by atoms with Gasteiger partial charge in [-0.25, -0.2) is 0 Å². The molecule has 4 aromatic rings. The SMILES string of the molecule is CC1=Cc2c(-c3ccccc3Br)cccc2[CH]1[Zr]([Cl])([Cl])([CH]1C(C)=Cc2c(-c3ccccc3Br)cccc21)[SiH](C)C. The van der Waals surface area contributed by atoms with Crippen LogP contribution in [0.3, 0.4) is 0 Å². The molecule has 203 valence electrons. The molecule has 0 aliphatic heterocycles. The second-order valence-corrected chi connectivity index (χ2v) is 55.8. The maximum atomic E-state index is 8.38. The van der Waals surface area contributed by atoms with Gasteiger partial charge in [0.25, 0.3) is 0 Å². The Hall–Kier alpha value is -1.00. The molecule has 2 aliphatic rings. The number of hydrogen-bond donors (Lipinski definition) is 0. The van der Waals surface area contributed by atoms with Gasteiger partial charge in [-0.05, 0) is 0 Å². The molecule has 40 heavy (non-hydrogen) atoms. The molecule has 0 bridgehead atoms. The van der Waals surface area contributed by atoms with Gasteiger partial charge in [-0.3, -0.25) is 0 Å². The van der Waals surface area contributed by atoms with E-state index in [0.717, 1.165) is 8.95 Å². The molecule has 0 radical (unpaired) electrons. The molecule has 0 fully saturated rings. The third kappa shape index (κ3) is 4.35. The van der Waals surface area contributed by atoms with Crippen LogP contribution in [0.15, 0.2) is 105 Å². The van der Waals surface area contributed by atoms with Gasteiger partial charge in [-0.1, -0.05) is 0 Å². The summed E-state index contributed by atoms with van der Waals surface area (Å²) < 4.78 is 2.36. The number of rotatable bonds is 5. The molecule has 0 N–H and O–H groups in total. The number of halogens is 4. The van der Waals surface area contributed by atoms with E-state index < -0.39 is 21.5 Å². The molecule has 2 aliphatic carbocycles. The normalized spacial score (nSPS) is 19.1. The average Bonchev–Trinajstić information content (AvgIpc) is 3.46. The standard InChI is InChI=1S/2C16H12Br.C2H7Si.2ClH.Zr/c2*1-11-9-12-5-4-7-13(15(12)10-11)14-6-2-3-8-16(14)17;1-3-2;;;/h2*2-10H,1H3;3H,1-2H3;2*1H;/q;;;;;+2/p-2. The van der Waals surface area contributed by atoms with Crippen molar-refractivity contribution in [3.05, 3.63) is 127 Å². The van der Waals surface area contributed by atoms with Gasteiger partial charge < -0.3 is 0 Å². The molecule has 0 heterocycles. The summed E-state index contributed by atoms with van der Waals surface area (Å²) in [5.74, 6) is -1.57. The van der Waals surface area contributed by atoms with Crippen molar-refractivity contribution in [3.8, 4) is 22.3 Å². The summed E-state index contributed by atoms with van der Waals surface area (Å²) in [4.78, 5) is 0. The van der Waals surface area contributed by atoms with Gasteiger partial charge in [0.1, 0.15) is 0 Å². The quantitative estimate of drug-likeness (QED) is 0.177. The number of fused-ring (bicyclic) bond motifs is 2. The van der Waals surface area contributed by atoms with Crippen LogP contribution in [0.1, 0.15) is 43.4 Å². The summed E-state index contributed by atoms with van der Waals surface area (Å²) in [5, 5.41) is 0. The zero-order valence-corrected chi connectivity index (χ0v) is 31.3. The monoisotopic (exact) mass is 785 g/mol. The summed E-state index contributed by atoms with van der Waals surface area (Å²) in [6.45, 7) is 9.32. The molecular formula is C34H31Br2Cl2SiZr. The summed E-state index contributed by atoms with van der Waals surface area (Å²) in [7, 11) is 16.8. The molecule has 0 saturated carbocycles. The molecular weight excluding hydrogens is 758 g/mol. The topological polar surface area (TPSA) is 0 Å². The zero-order valence-electron chi connectivity index (χ0n) is 23.0. The Morgan fingerprint density at radius 2 is 0.950 bits per heavy atom. The van der Waals surface area contributed by atoms with Crippen LogP contribution in [-0.4, -0.2) is 5.92 Å². The number of hydrogen-bond acceptors (Lipinski definition) is 0.